The van der Waals surface area contributed by atoms with Crippen LogP contribution in [0, 0.1) is 5.92 Å². The number of rotatable bonds is 7. The number of nitrogens with zero attached hydrogens (tertiary/aromatic N) is 1. The summed E-state index contributed by atoms with van der Waals surface area (Å²) >= 11 is 0. The number of hydrogen-bond donors (Lipinski definition) is 1. The summed E-state index contributed by atoms with van der Waals surface area (Å²) in [6.07, 6.45) is 0.0494. The molecule has 0 spiro atoms. The molecule has 0 unspecified atom stereocenters. The van der Waals surface area contributed by atoms with Crippen molar-refractivity contribution in [3.05, 3.63) is 48.0 Å². The minimum Gasteiger partial charge on any atom is -0.497 e. The van der Waals surface area contributed by atoms with E-state index in [0.717, 1.165) is 0 Å². The van der Waals surface area contributed by atoms with E-state index in [0.29, 0.717) is 22.9 Å². The van der Waals surface area contributed by atoms with Gasteiger partial charge in [-0.3, -0.25) is 9.59 Å². The molecule has 30 heavy (non-hydrogen) atoms. The summed E-state index contributed by atoms with van der Waals surface area (Å²) in [5, 5.41) is 2.76. The second-order valence-corrected chi connectivity index (χ2v) is 6.70. The number of methoxy groups -OCH3 is 2. The van der Waals surface area contributed by atoms with Crippen molar-refractivity contribution in [2.24, 2.45) is 5.92 Å². The molecule has 0 bridgehead atoms. The van der Waals surface area contributed by atoms with E-state index >= 15 is 0 Å². The Hall–Kier alpha value is -3.55. The van der Waals surface area contributed by atoms with Crippen LogP contribution in [0.2, 0.25) is 0 Å². The van der Waals surface area contributed by atoms with Crippen molar-refractivity contribution in [2.45, 2.75) is 13.3 Å². The fraction of sp³-hybridized carbons (Fsp3) is 0.318. The zero-order chi connectivity index (χ0) is 21.7. The third kappa shape index (κ3) is 4.37. The normalized spacial score (nSPS) is 15.6. The molecule has 2 amide bonds. The van der Waals surface area contributed by atoms with Crippen LogP contribution in [0.1, 0.15) is 23.7 Å². The van der Waals surface area contributed by atoms with Gasteiger partial charge < -0.3 is 24.4 Å². The number of ether oxygens (including phenoxy) is 3. The van der Waals surface area contributed by atoms with Crippen molar-refractivity contribution < 1.29 is 28.6 Å². The van der Waals surface area contributed by atoms with Crippen molar-refractivity contribution in [2.75, 3.05) is 37.6 Å². The van der Waals surface area contributed by atoms with Crippen LogP contribution in [0.15, 0.2) is 42.5 Å². The summed E-state index contributed by atoms with van der Waals surface area (Å²) in [4.78, 5) is 39.1. The molecule has 2 aromatic rings. The topological polar surface area (TPSA) is 94.2 Å². The summed E-state index contributed by atoms with van der Waals surface area (Å²) in [7, 11) is 3.05. The fourth-order valence-corrected chi connectivity index (χ4v) is 3.34. The third-order valence-electron chi connectivity index (χ3n) is 4.85. The Bertz CT molecular complexity index is 958. The number of esters is 1. The van der Waals surface area contributed by atoms with Crippen LogP contribution < -0.4 is 19.7 Å². The van der Waals surface area contributed by atoms with E-state index < -0.39 is 11.9 Å². The molecule has 0 aromatic heterocycles. The molecule has 8 heteroatoms. The van der Waals surface area contributed by atoms with Crippen molar-refractivity contribution in [1.82, 2.24) is 0 Å². The number of carbonyl (C=O) groups is 3. The lowest BCUT2D eigenvalue weighted by molar-refractivity contribution is -0.122. The molecular weight excluding hydrogens is 388 g/mol. The van der Waals surface area contributed by atoms with E-state index in [4.69, 9.17) is 14.2 Å². The van der Waals surface area contributed by atoms with Gasteiger partial charge in [0.25, 0.3) is 0 Å². The van der Waals surface area contributed by atoms with Crippen LogP contribution in [-0.4, -0.2) is 45.2 Å². The van der Waals surface area contributed by atoms with Crippen molar-refractivity contribution in [1.29, 1.82) is 0 Å². The lowest BCUT2D eigenvalue weighted by atomic mass is 10.1. The van der Waals surface area contributed by atoms with Crippen molar-refractivity contribution in [3.8, 4) is 11.5 Å². The highest BCUT2D eigenvalue weighted by atomic mass is 16.5. The second-order valence-electron chi connectivity index (χ2n) is 6.70. The maximum Gasteiger partial charge on any atom is 0.340 e. The fourth-order valence-electron chi connectivity index (χ4n) is 3.34. The summed E-state index contributed by atoms with van der Waals surface area (Å²) in [6, 6.07) is 11.8. The average Bonchev–Trinajstić information content (AvgIpc) is 3.15. The van der Waals surface area contributed by atoms with E-state index in [1.54, 1.807) is 49.4 Å². The molecule has 1 fully saturated rings. The molecule has 0 saturated carbocycles. The molecule has 0 aliphatic carbocycles. The summed E-state index contributed by atoms with van der Waals surface area (Å²) in [6.45, 7) is 2.13. The molecule has 1 aliphatic rings. The molecule has 0 radical (unpaired) electrons. The zero-order valence-corrected chi connectivity index (χ0v) is 17.1. The molecular formula is C22H24N2O6. The Morgan fingerprint density at radius 2 is 1.90 bits per heavy atom. The third-order valence-corrected chi connectivity index (χ3v) is 4.85. The molecule has 8 nitrogen and oxygen atoms in total. The van der Waals surface area contributed by atoms with E-state index in [2.05, 4.69) is 5.32 Å². The predicted molar refractivity (Wildman–Crippen MR) is 111 cm³/mol. The van der Waals surface area contributed by atoms with E-state index in [1.165, 1.54) is 19.1 Å². The number of carbonyl (C=O) groups excluding carboxylic acids is 3. The van der Waals surface area contributed by atoms with Crippen LogP contribution >= 0.6 is 0 Å². The minimum absolute atomic E-state index is 0.0494. The van der Waals surface area contributed by atoms with Gasteiger partial charge in [0.2, 0.25) is 11.8 Å². The number of para-hydroxylation sites is 1. The van der Waals surface area contributed by atoms with Crippen LogP contribution in [0.5, 0.6) is 11.5 Å². The molecule has 1 aliphatic heterocycles. The second kappa shape index (κ2) is 9.30. The molecule has 1 saturated heterocycles. The summed E-state index contributed by atoms with van der Waals surface area (Å²) in [5.74, 6) is -0.542. The van der Waals surface area contributed by atoms with Gasteiger partial charge in [-0.25, -0.2) is 4.79 Å². The largest absolute Gasteiger partial charge is 0.497 e. The summed E-state index contributed by atoms with van der Waals surface area (Å²) in [5.41, 5.74) is 1.17. The van der Waals surface area contributed by atoms with E-state index in [9.17, 15) is 14.4 Å². The first-order valence-electron chi connectivity index (χ1n) is 9.57. The number of nitrogens with one attached hydrogen (secondary N) is 1. The Morgan fingerprint density at radius 3 is 2.60 bits per heavy atom. The Kier molecular flexibility index (Phi) is 6.56. The summed E-state index contributed by atoms with van der Waals surface area (Å²) < 4.78 is 15.6. The van der Waals surface area contributed by atoms with Crippen molar-refractivity contribution in [3.63, 3.8) is 0 Å². The number of benzene rings is 2. The highest BCUT2D eigenvalue weighted by Crippen LogP contribution is 2.36. The van der Waals surface area contributed by atoms with Gasteiger partial charge in [-0.05, 0) is 31.2 Å². The Balaban J connectivity index is 1.78. The van der Waals surface area contributed by atoms with E-state index in [1.807, 2.05) is 0 Å². The van der Waals surface area contributed by atoms with E-state index in [-0.39, 0.29) is 37.0 Å². The highest BCUT2D eigenvalue weighted by molar-refractivity contribution is 6.06. The van der Waals surface area contributed by atoms with Crippen LogP contribution in [0.25, 0.3) is 0 Å². The first kappa shape index (κ1) is 21.2. The average molecular weight is 412 g/mol. The first-order chi connectivity index (χ1) is 14.5. The van der Waals surface area contributed by atoms with Gasteiger partial charge in [0.1, 0.15) is 11.5 Å². The molecule has 3 rings (SSSR count). The molecule has 158 valence electrons. The van der Waals surface area contributed by atoms with Gasteiger partial charge >= 0.3 is 5.97 Å². The van der Waals surface area contributed by atoms with Gasteiger partial charge in [0, 0.05) is 19.0 Å². The molecule has 1 N–H and O–H groups in total. The molecule has 1 atom stereocenters. The predicted octanol–water partition coefficient (Wildman–Crippen LogP) is 2.87. The first-order valence-corrected chi connectivity index (χ1v) is 9.57. The van der Waals surface area contributed by atoms with Crippen LogP contribution in [0.4, 0.5) is 11.4 Å². The van der Waals surface area contributed by atoms with Gasteiger partial charge in [-0.1, -0.05) is 12.1 Å². The van der Waals surface area contributed by atoms with Gasteiger partial charge in [0.15, 0.2) is 0 Å². The Morgan fingerprint density at radius 1 is 1.13 bits per heavy atom. The molecule has 1 heterocycles. The maximum atomic E-state index is 12.8. The smallest absolute Gasteiger partial charge is 0.340 e. The quantitative estimate of drug-likeness (QED) is 0.703. The zero-order valence-electron chi connectivity index (χ0n) is 17.1. The number of hydrogen-bond acceptors (Lipinski definition) is 6. The lowest BCUT2D eigenvalue weighted by Crippen LogP contribution is -2.28. The van der Waals surface area contributed by atoms with Crippen LogP contribution in [0.3, 0.4) is 0 Å². The lowest BCUT2D eigenvalue weighted by Gasteiger charge is -2.20. The standard InChI is InChI=1S/C22H24N2O6/c1-4-30-22(27)16-7-5-6-8-17(16)23-21(26)14-11-20(25)24(13-14)18-12-15(28-2)9-10-19(18)29-3/h5-10,12,14H,4,11,13H2,1-3H3,(H,23,26)/t14-/m0/s1. The van der Waals surface area contributed by atoms with Crippen LogP contribution in [-0.2, 0) is 14.3 Å². The van der Waals surface area contributed by atoms with Gasteiger partial charge in [-0.2, -0.15) is 0 Å². The Labute approximate surface area is 174 Å². The number of amides is 2. The number of anilines is 2. The highest BCUT2D eigenvalue weighted by Gasteiger charge is 2.36. The van der Waals surface area contributed by atoms with Crippen molar-refractivity contribution >= 4 is 29.2 Å². The maximum absolute atomic E-state index is 12.8. The minimum atomic E-state index is -0.580. The SMILES string of the molecule is CCOC(=O)c1ccccc1NC(=O)[C@H]1CC(=O)N(c2cc(OC)ccc2OC)C1. The molecule has 2 aromatic carbocycles. The monoisotopic (exact) mass is 412 g/mol. The van der Waals surface area contributed by atoms with Gasteiger partial charge in [0.05, 0.1) is 43.7 Å². The van der Waals surface area contributed by atoms with Gasteiger partial charge in [-0.15, -0.1) is 0 Å².